The molecule has 2 heterocycles. The Balaban J connectivity index is 1.49. The monoisotopic (exact) mass is 428 g/mol. The summed E-state index contributed by atoms with van der Waals surface area (Å²) in [6.45, 7) is 4.36. The first-order valence-electron chi connectivity index (χ1n) is 10.3. The molecular weight excluding hydrogens is 404 g/mol. The maximum absolute atomic E-state index is 12.9. The van der Waals surface area contributed by atoms with Gasteiger partial charge in [0.2, 0.25) is 5.91 Å². The second-order valence-corrected chi connectivity index (χ2v) is 8.07. The number of benzene rings is 2. The van der Waals surface area contributed by atoms with Gasteiger partial charge in [-0.2, -0.15) is 0 Å². The highest BCUT2D eigenvalue weighted by Crippen LogP contribution is 2.34. The Kier molecular flexibility index (Phi) is 6.13. The summed E-state index contributed by atoms with van der Waals surface area (Å²) in [4.78, 5) is 27.5. The average Bonchev–Trinajstić information content (AvgIpc) is 2.79. The number of anilines is 1. The molecule has 6 nitrogen and oxygen atoms in total. The Hall–Kier alpha value is -2.73. The van der Waals surface area contributed by atoms with Crippen molar-refractivity contribution in [1.29, 1.82) is 0 Å². The summed E-state index contributed by atoms with van der Waals surface area (Å²) in [6, 6.07) is 10.5. The van der Waals surface area contributed by atoms with Crippen molar-refractivity contribution in [3.8, 4) is 11.5 Å². The minimum absolute atomic E-state index is 0.0262. The third-order valence-corrected chi connectivity index (χ3v) is 5.90. The number of halogens is 1. The fraction of sp³-hybridized carbons (Fsp3) is 0.391. The first kappa shape index (κ1) is 20.5. The maximum atomic E-state index is 12.9. The van der Waals surface area contributed by atoms with E-state index in [1.165, 1.54) is 0 Å². The number of nitrogens with one attached hydrogen (secondary N) is 1. The summed E-state index contributed by atoms with van der Waals surface area (Å²) in [5.41, 5.74) is 1.78. The highest BCUT2D eigenvalue weighted by atomic mass is 35.5. The lowest BCUT2D eigenvalue weighted by Crippen LogP contribution is -2.35. The van der Waals surface area contributed by atoms with Crippen LogP contribution in [0.4, 0.5) is 5.69 Å². The van der Waals surface area contributed by atoms with Crippen LogP contribution in [0, 0.1) is 0 Å². The molecule has 1 unspecified atom stereocenters. The highest BCUT2D eigenvalue weighted by Gasteiger charge is 2.22. The number of nitrogens with zero attached hydrogens (tertiary/aromatic N) is 1. The van der Waals surface area contributed by atoms with Gasteiger partial charge >= 0.3 is 0 Å². The van der Waals surface area contributed by atoms with Gasteiger partial charge in [-0.25, -0.2) is 0 Å². The fourth-order valence-corrected chi connectivity index (χ4v) is 3.92. The summed E-state index contributed by atoms with van der Waals surface area (Å²) in [5, 5.41) is 3.27. The van der Waals surface area contributed by atoms with Gasteiger partial charge in [-0.05, 0) is 62.1 Å². The molecule has 2 aromatic carbocycles. The van der Waals surface area contributed by atoms with Gasteiger partial charge in [0.05, 0.1) is 16.6 Å². The van der Waals surface area contributed by atoms with Crippen molar-refractivity contribution in [3.63, 3.8) is 0 Å². The van der Waals surface area contributed by atoms with E-state index < -0.39 is 5.92 Å². The molecular formula is C23H25ClN2O4. The Labute approximate surface area is 181 Å². The Morgan fingerprint density at radius 3 is 2.50 bits per heavy atom. The zero-order chi connectivity index (χ0) is 21.1. The van der Waals surface area contributed by atoms with Crippen LogP contribution in [0.2, 0.25) is 5.02 Å². The molecule has 0 aromatic heterocycles. The normalized spacial score (nSPS) is 16.7. The van der Waals surface area contributed by atoms with E-state index in [0.717, 1.165) is 37.9 Å². The van der Waals surface area contributed by atoms with E-state index in [1.54, 1.807) is 18.2 Å². The molecule has 2 aromatic rings. The van der Waals surface area contributed by atoms with Gasteiger partial charge in [0.1, 0.15) is 13.2 Å². The van der Waals surface area contributed by atoms with E-state index in [9.17, 15) is 9.59 Å². The molecule has 30 heavy (non-hydrogen) atoms. The van der Waals surface area contributed by atoms with Crippen molar-refractivity contribution in [2.24, 2.45) is 0 Å². The topological polar surface area (TPSA) is 67.9 Å². The van der Waals surface area contributed by atoms with Crippen molar-refractivity contribution in [1.82, 2.24) is 4.90 Å². The molecule has 4 rings (SSSR count). The molecule has 2 aliphatic rings. The van der Waals surface area contributed by atoms with Crippen LogP contribution in [-0.4, -0.2) is 43.0 Å². The lowest BCUT2D eigenvalue weighted by molar-refractivity contribution is -0.117. The number of piperidine rings is 1. The van der Waals surface area contributed by atoms with Gasteiger partial charge < -0.3 is 19.7 Å². The van der Waals surface area contributed by atoms with Crippen molar-refractivity contribution >= 4 is 29.1 Å². The molecule has 7 heteroatoms. The van der Waals surface area contributed by atoms with E-state index in [-0.39, 0.29) is 11.8 Å². The van der Waals surface area contributed by atoms with E-state index >= 15 is 0 Å². The van der Waals surface area contributed by atoms with Gasteiger partial charge in [0.25, 0.3) is 5.91 Å². The average molecular weight is 429 g/mol. The summed E-state index contributed by atoms with van der Waals surface area (Å²) in [5.74, 6) is 0.659. The number of likely N-dealkylation sites (tertiary alicyclic amines) is 1. The molecule has 0 aliphatic carbocycles. The van der Waals surface area contributed by atoms with Gasteiger partial charge in [-0.15, -0.1) is 0 Å². The molecule has 1 N–H and O–H groups in total. The number of rotatable bonds is 4. The molecule has 158 valence electrons. The van der Waals surface area contributed by atoms with Crippen LogP contribution in [0.15, 0.2) is 36.4 Å². The van der Waals surface area contributed by atoms with Gasteiger partial charge in [0.15, 0.2) is 11.5 Å². The Bertz CT molecular complexity index is 956. The molecule has 0 radical (unpaired) electrons. The van der Waals surface area contributed by atoms with E-state index in [2.05, 4.69) is 5.32 Å². The van der Waals surface area contributed by atoms with Crippen LogP contribution in [0.25, 0.3) is 0 Å². The van der Waals surface area contributed by atoms with Crippen LogP contribution in [0.3, 0.4) is 0 Å². The van der Waals surface area contributed by atoms with Crippen LogP contribution < -0.4 is 14.8 Å². The Morgan fingerprint density at radius 1 is 1.00 bits per heavy atom. The van der Waals surface area contributed by atoms with Crippen LogP contribution in [0.1, 0.15) is 48.0 Å². The van der Waals surface area contributed by atoms with Gasteiger partial charge in [0, 0.05) is 18.7 Å². The molecule has 1 fully saturated rings. The molecule has 1 saturated heterocycles. The third-order valence-electron chi connectivity index (χ3n) is 5.57. The van der Waals surface area contributed by atoms with Crippen molar-refractivity contribution in [2.45, 2.75) is 32.1 Å². The zero-order valence-corrected chi connectivity index (χ0v) is 17.7. The molecule has 0 spiro atoms. The molecule has 1 atom stereocenters. The van der Waals surface area contributed by atoms with Gasteiger partial charge in [-0.1, -0.05) is 17.7 Å². The number of amides is 2. The van der Waals surface area contributed by atoms with Crippen LogP contribution in [-0.2, 0) is 4.79 Å². The standard InChI is InChI=1S/C23H25ClN2O4/c1-15(16-6-8-20-21(14-16)30-12-11-29-20)22(27)25-19-13-17(5-7-18(19)24)23(28)26-9-3-2-4-10-26/h5-8,13-15H,2-4,9-12H2,1H3,(H,25,27). The van der Waals surface area contributed by atoms with Gasteiger partial charge in [-0.3, -0.25) is 9.59 Å². The number of carbonyl (C=O) groups is 2. The largest absolute Gasteiger partial charge is 0.486 e. The number of fused-ring (bicyclic) bond motifs is 1. The summed E-state index contributed by atoms with van der Waals surface area (Å²) < 4.78 is 11.1. The summed E-state index contributed by atoms with van der Waals surface area (Å²) in [7, 11) is 0. The van der Waals surface area contributed by atoms with E-state index in [0.29, 0.717) is 41.0 Å². The second-order valence-electron chi connectivity index (χ2n) is 7.66. The highest BCUT2D eigenvalue weighted by molar-refractivity contribution is 6.34. The zero-order valence-electron chi connectivity index (χ0n) is 16.9. The first-order chi connectivity index (χ1) is 14.5. The summed E-state index contributed by atoms with van der Waals surface area (Å²) >= 11 is 6.30. The number of ether oxygens (including phenoxy) is 2. The Morgan fingerprint density at radius 2 is 1.73 bits per heavy atom. The molecule has 0 saturated carbocycles. The number of hydrogen-bond acceptors (Lipinski definition) is 4. The van der Waals surface area contributed by atoms with Crippen molar-refractivity contribution in [3.05, 3.63) is 52.5 Å². The van der Waals surface area contributed by atoms with E-state index in [4.69, 9.17) is 21.1 Å². The van der Waals surface area contributed by atoms with Crippen molar-refractivity contribution in [2.75, 3.05) is 31.6 Å². The fourth-order valence-electron chi connectivity index (χ4n) is 3.76. The SMILES string of the molecule is CC(C(=O)Nc1cc(C(=O)N2CCCCC2)ccc1Cl)c1ccc2c(c1)OCCO2. The predicted octanol–water partition coefficient (Wildman–Crippen LogP) is 4.48. The molecule has 0 bridgehead atoms. The first-order valence-corrected chi connectivity index (χ1v) is 10.7. The summed E-state index contributed by atoms with van der Waals surface area (Å²) in [6.07, 6.45) is 3.20. The quantitative estimate of drug-likeness (QED) is 0.779. The minimum Gasteiger partial charge on any atom is -0.486 e. The van der Waals surface area contributed by atoms with Crippen LogP contribution in [0.5, 0.6) is 11.5 Å². The second kappa shape index (κ2) is 8.96. The maximum Gasteiger partial charge on any atom is 0.253 e. The lowest BCUT2D eigenvalue weighted by Gasteiger charge is -2.27. The number of carbonyl (C=O) groups excluding carboxylic acids is 2. The lowest BCUT2D eigenvalue weighted by atomic mass is 9.99. The van der Waals surface area contributed by atoms with Crippen molar-refractivity contribution < 1.29 is 19.1 Å². The number of hydrogen-bond donors (Lipinski definition) is 1. The van der Waals surface area contributed by atoms with E-state index in [1.807, 2.05) is 30.0 Å². The third kappa shape index (κ3) is 4.38. The molecule has 2 aliphatic heterocycles. The molecule has 2 amide bonds. The smallest absolute Gasteiger partial charge is 0.253 e. The van der Waals surface area contributed by atoms with Crippen LogP contribution >= 0.6 is 11.6 Å². The predicted molar refractivity (Wildman–Crippen MR) is 116 cm³/mol. The minimum atomic E-state index is -0.432.